The largest absolute Gasteiger partial charge is 0.471 e. The molecule has 6 heteroatoms. The van der Waals surface area contributed by atoms with E-state index in [1.807, 2.05) is 30.3 Å². The highest BCUT2D eigenvalue weighted by molar-refractivity contribution is 5.82. The molecule has 1 aliphatic carbocycles. The first-order valence-electron chi connectivity index (χ1n) is 8.70. The third kappa shape index (κ3) is 3.16. The van der Waals surface area contributed by atoms with E-state index in [4.69, 9.17) is 0 Å². The lowest BCUT2D eigenvalue weighted by molar-refractivity contribution is -0.174. The topological polar surface area (TPSA) is 32.3 Å². The van der Waals surface area contributed by atoms with Gasteiger partial charge in [-0.2, -0.15) is 13.2 Å². The average molecular weight is 360 g/mol. The van der Waals surface area contributed by atoms with E-state index in [-0.39, 0.29) is 5.92 Å². The number of rotatable bonds is 3. The van der Waals surface area contributed by atoms with E-state index in [1.165, 1.54) is 11.1 Å². The molecule has 0 aromatic heterocycles. The van der Waals surface area contributed by atoms with Crippen molar-refractivity contribution in [3.8, 4) is 0 Å². The average Bonchev–Trinajstić information content (AvgIpc) is 2.94. The minimum absolute atomic E-state index is 0.150. The molecule has 0 radical (unpaired) electrons. The molecule has 0 fully saturated rings. The number of benzene rings is 2. The van der Waals surface area contributed by atoms with Crippen LogP contribution in [0.15, 0.2) is 48.5 Å². The zero-order valence-electron chi connectivity index (χ0n) is 14.1. The lowest BCUT2D eigenvalue weighted by Gasteiger charge is -2.29. The Morgan fingerprint density at radius 3 is 2.62 bits per heavy atom. The molecule has 2 aromatic carbocycles. The Hall–Kier alpha value is -2.50. The van der Waals surface area contributed by atoms with Gasteiger partial charge in [-0.25, -0.2) is 0 Å². The van der Waals surface area contributed by atoms with E-state index in [2.05, 4.69) is 28.4 Å². The molecule has 0 saturated carbocycles. The van der Waals surface area contributed by atoms with Crippen molar-refractivity contribution in [2.75, 3.05) is 11.4 Å². The molecule has 2 aliphatic rings. The van der Waals surface area contributed by atoms with E-state index in [0.29, 0.717) is 12.8 Å². The number of nitrogens with zero attached hydrogens (tertiary/aromatic N) is 1. The highest BCUT2D eigenvalue weighted by atomic mass is 19.4. The number of anilines is 1. The number of halogens is 3. The summed E-state index contributed by atoms with van der Waals surface area (Å²) in [6.45, 7) is 1.53. The van der Waals surface area contributed by atoms with Crippen molar-refractivity contribution in [2.24, 2.45) is 0 Å². The normalized spacial score (nSPS) is 21.4. The summed E-state index contributed by atoms with van der Waals surface area (Å²) in [4.78, 5) is 13.6. The van der Waals surface area contributed by atoms with Crippen LogP contribution in [0.4, 0.5) is 18.9 Å². The Labute approximate surface area is 149 Å². The quantitative estimate of drug-likeness (QED) is 0.903. The predicted molar refractivity (Wildman–Crippen MR) is 93.0 cm³/mol. The van der Waals surface area contributed by atoms with Crippen molar-refractivity contribution in [1.82, 2.24) is 5.32 Å². The fraction of sp³-hybridized carbons (Fsp3) is 0.350. The Morgan fingerprint density at radius 1 is 1.12 bits per heavy atom. The van der Waals surface area contributed by atoms with Crippen molar-refractivity contribution in [2.45, 2.75) is 37.5 Å². The summed E-state index contributed by atoms with van der Waals surface area (Å²) in [6.07, 6.45) is -3.85. The van der Waals surface area contributed by atoms with Crippen LogP contribution < -0.4 is 10.2 Å². The zero-order chi connectivity index (χ0) is 18.3. The van der Waals surface area contributed by atoms with Crippen LogP contribution in [0.5, 0.6) is 0 Å². The maximum atomic E-state index is 12.6. The van der Waals surface area contributed by atoms with Crippen molar-refractivity contribution >= 4 is 11.6 Å². The van der Waals surface area contributed by atoms with Gasteiger partial charge in [0.15, 0.2) is 0 Å². The molecule has 1 aliphatic heterocycles. The predicted octanol–water partition coefficient (Wildman–Crippen LogP) is 3.78. The van der Waals surface area contributed by atoms with Crippen LogP contribution in [-0.2, 0) is 17.8 Å². The molecule has 3 nitrogen and oxygen atoms in total. The van der Waals surface area contributed by atoms with Gasteiger partial charge in [-0.05, 0) is 35.6 Å². The van der Waals surface area contributed by atoms with E-state index in [9.17, 15) is 18.0 Å². The third-order valence-electron chi connectivity index (χ3n) is 5.21. The minimum Gasteiger partial charge on any atom is -0.366 e. The molecule has 0 bridgehead atoms. The second-order valence-corrected chi connectivity index (χ2v) is 7.02. The summed E-state index contributed by atoms with van der Waals surface area (Å²) in [6, 6.07) is 15.6. The van der Waals surface area contributed by atoms with Crippen molar-refractivity contribution < 1.29 is 18.0 Å². The highest BCUT2D eigenvalue weighted by Gasteiger charge is 2.42. The molecule has 2 atom stereocenters. The summed E-state index contributed by atoms with van der Waals surface area (Å²) in [5.41, 5.74) is 4.64. The highest BCUT2D eigenvalue weighted by Crippen LogP contribution is 2.45. The minimum atomic E-state index is -4.84. The summed E-state index contributed by atoms with van der Waals surface area (Å²) in [5, 5.41) is 2.17. The van der Waals surface area contributed by atoms with Gasteiger partial charge < -0.3 is 10.2 Å². The van der Waals surface area contributed by atoms with E-state index in [1.54, 1.807) is 0 Å². The Bertz CT molecular complexity index is 820. The summed E-state index contributed by atoms with van der Waals surface area (Å²) in [7, 11) is 0. The first-order chi connectivity index (χ1) is 12.4. The first kappa shape index (κ1) is 16.9. The summed E-state index contributed by atoms with van der Waals surface area (Å²) < 4.78 is 37.7. The van der Waals surface area contributed by atoms with Crippen LogP contribution in [0.2, 0.25) is 0 Å². The maximum Gasteiger partial charge on any atom is 0.471 e. The second-order valence-electron chi connectivity index (χ2n) is 7.02. The molecular formula is C20H19F3N2O. The van der Waals surface area contributed by atoms with Gasteiger partial charge in [-0.1, -0.05) is 42.5 Å². The lowest BCUT2D eigenvalue weighted by Crippen LogP contribution is -2.46. The summed E-state index contributed by atoms with van der Waals surface area (Å²) in [5.74, 6) is -1.70. The monoisotopic (exact) mass is 360 g/mol. The summed E-state index contributed by atoms with van der Waals surface area (Å²) >= 11 is 0. The van der Waals surface area contributed by atoms with Crippen LogP contribution >= 0.6 is 0 Å². The molecule has 1 N–H and O–H groups in total. The third-order valence-corrected chi connectivity index (χ3v) is 5.21. The van der Waals surface area contributed by atoms with Crippen LogP contribution in [0.25, 0.3) is 0 Å². The number of amides is 1. The molecule has 136 valence electrons. The standard InChI is InChI=1S/C20H19F3N2O/c21-20(22,23)19(26)24-16-9-14-7-4-8-17-18(14)15(10-16)12-25(17)11-13-5-2-1-3-6-13/h1-8,15-16H,9-12H2,(H,24,26). The van der Waals surface area contributed by atoms with Crippen LogP contribution in [0, 0.1) is 0 Å². The van der Waals surface area contributed by atoms with Gasteiger partial charge in [0.25, 0.3) is 0 Å². The molecule has 1 heterocycles. The number of carbonyl (C=O) groups excluding carboxylic acids is 1. The Kier molecular flexibility index (Phi) is 4.13. The molecule has 1 amide bonds. The number of nitrogens with one attached hydrogen (secondary N) is 1. The van der Waals surface area contributed by atoms with Crippen molar-refractivity contribution in [1.29, 1.82) is 0 Å². The van der Waals surface area contributed by atoms with Crippen LogP contribution in [-0.4, -0.2) is 24.7 Å². The molecule has 0 saturated heterocycles. The molecule has 4 rings (SSSR count). The van der Waals surface area contributed by atoms with E-state index in [0.717, 1.165) is 24.3 Å². The fourth-order valence-corrected chi connectivity index (χ4v) is 4.20. The van der Waals surface area contributed by atoms with Gasteiger partial charge in [0.1, 0.15) is 0 Å². The number of hydrogen-bond acceptors (Lipinski definition) is 2. The molecule has 26 heavy (non-hydrogen) atoms. The van der Waals surface area contributed by atoms with Gasteiger partial charge in [0.2, 0.25) is 0 Å². The Morgan fingerprint density at radius 2 is 1.88 bits per heavy atom. The van der Waals surface area contributed by atoms with E-state index >= 15 is 0 Å². The number of hydrogen-bond donors (Lipinski definition) is 1. The fourth-order valence-electron chi connectivity index (χ4n) is 4.20. The van der Waals surface area contributed by atoms with E-state index < -0.39 is 18.1 Å². The lowest BCUT2D eigenvalue weighted by atomic mass is 9.81. The van der Waals surface area contributed by atoms with Gasteiger partial charge in [-0.3, -0.25) is 4.79 Å². The van der Waals surface area contributed by atoms with Gasteiger partial charge in [-0.15, -0.1) is 0 Å². The van der Waals surface area contributed by atoms with Gasteiger partial charge >= 0.3 is 12.1 Å². The Balaban J connectivity index is 1.55. The SMILES string of the molecule is O=C(NC1Cc2cccc3c2C(C1)CN3Cc1ccccc1)C(F)(F)F. The number of carbonyl (C=O) groups is 1. The van der Waals surface area contributed by atoms with Crippen LogP contribution in [0.1, 0.15) is 29.0 Å². The molecular weight excluding hydrogens is 341 g/mol. The molecule has 0 spiro atoms. The van der Waals surface area contributed by atoms with Crippen LogP contribution in [0.3, 0.4) is 0 Å². The second kappa shape index (κ2) is 6.34. The molecule has 2 unspecified atom stereocenters. The van der Waals surface area contributed by atoms with Crippen molar-refractivity contribution in [3.05, 3.63) is 65.2 Å². The van der Waals surface area contributed by atoms with Gasteiger partial charge in [0, 0.05) is 30.7 Å². The number of alkyl halides is 3. The smallest absolute Gasteiger partial charge is 0.366 e. The van der Waals surface area contributed by atoms with Gasteiger partial charge in [0.05, 0.1) is 0 Å². The molecule has 2 aromatic rings. The zero-order valence-corrected chi connectivity index (χ0v) is 14.1. The van der Waals surface area contributed by atoms with Crippen molar-refractivity contribution in [3.63, 3.8) is 0 Å². The maximum absolute atomic E-state index is 12.6. The first-order valence-corrected chi connectivity index (χ1v) is 8.70.